The van der Waals surface area contributed by atoms with Crippen molar-refractivity contribution in [3.63, 3.8) is 0 Å². The Hall–Kier alpha value is -2.62. The fourth-order valence-corrected chi connectivity index (χ4v) is 13.3. The summed E-state index contributed by atoms with van der Waals surface area (Å²) >= 11 is 0. The number of aliphatic hydroxyl groups is 3. The first kappa shape index (κ1) is 32.9. The average molecular weight is 650 g/mol. The van der Waals surface area contributed by atoms with Crippen molar-refractivity contribution < 1.29 is 39.6 Å². The van der Waals surface area contributed by atoms with Gasteiger partial charge in [0, 0.05) is 18.3 Å². The van der Waals surface area contributed by atoms with Crippen molar-refractivity contribution in [2.75, 3.05) is 0 Å². The number of Topliss-reactive ketones (excluding diaryl/α,β-unsaturated/α-hetero) is 3. The van der Waals surface area contributed by atoms with Crippen molar-refractivity contribution >= 4 is 23.3 Å². The van der Waals surface area contributed by atoms with Gasteiger partial charge in [-0.1, -0.05) is 46.8 Å². The van der Waals surface area contributed by atoms with E-state index in [0.717, 1.165) is 12.3 Å². The highest BCUT2D eigenvalue weighted by molar-refractivity contribution is 6.09. The number of carbonyl (C=O) groups is 4. The zero-order valence-electron chi connectivity index (χ0n) is 28.2. The van der Waals surface area contributed by atoms with Crippen LogP contribution in [0.1, 0.15) is 101 Å². The number of nitrogens with two attached hydrogens (primary N) is 1. The lowest BCUT2D eigenvalue weighted by atomic mass is 9.33. The number of primary amides is 1. The Balaban J connectivity index is 1.39. The molecule has 3 bridgehead atoms. The molecule has 0 radical (unpaired) electrons. The molecule has 256 valence electrons. The molecule has 0 aromatic heterocycles. The highest BCUT2D eigenvalue weighted by Gasteiger charge is 2.80. The number of hydrogen-bond donors (Lipinski definition) is 5. The van der Waals surface area contributed by atoms with Crippen LogP contribution < -0.4 is 5.73 Å². The molecule has 7 rings (SSSR count). The molecular formula is C38H51NO8. The van der Waals surface area contributed by atoms with Gasteiger partial charge in [-0.3, -0.25) is 19.2 Å². The normalized spacial score (nSPS) is 48.2. The van der Waals surface area contributed by atoms with Gasteiger partial charge in [-0.2, -0.15) is 0 Å². The third kappa shape index (κ3) is 4.11. The van der Waals surface area contributed by atoms with Gasteiger partial charge >= 0.3 is 0 Å². The van der Waals surface area contributed by atoms with Gasteiger partial charge in [-0.15, -0.1) is 0 Å². The molecule has 5 fully saturated rings. The summed E-state index contributed by atoms with van der Waals surface area (Å²) in [5, 5.41) is 47.8. The molecule has 0 spiro atoms. The predicted molar refractivity (Wildman–Crippen MR) is 172 cm³/mol. The van der Waals surface area contributed by atoms with E-state index in [1.165, 1.54) is 31.7 Å². The van der Waals surface area contributed by atoms with E-state index in [1.807, 2.05) is 27.7 Å². The molecule has 1 aromatic carbocycles. The fourth-order valence-electron chi connectivity index (χ4n) is 13.3. The molecule has 6 aliphatic carbocycles. The Morgan fingerprint density at radius 3 is 2.30 bits per heavy atom. The number of aromatic hydroxyl groups is 1. The fraction of sp³-hybridized carbons (Fsp3) is 0.737. The Morgan fingerprint density at radius 1 is 1.00 bits per heavy atom. The Labute approximate surface area is 276 Å². The number of benzene rings is 1. The number of phenols is 1. The highest BCUT2D eigenvalue weighted by Crippen LogP contribution is 2.72. The lowest BCUT2D eigenvalue weighted by Crippen LogP contribution is -2.82. The monoisotopic (exact) mass is 649 g/mol. The standard InChI is InChI=1S/C38H51NO8/c1-16(2)29-32(43)28(35(39)46)33(44)38(47)34(45)30-31(42)27-23(7-6-8-25(27)41)17(3)36(30,4)26(37(29,38)5)15-22(40)14-21-11-18-9-19-12-20(10-18)24(21)13-19/h6-8,16-21,24,26,28-30,32,34,41,43,45,47H,9-15H2,1-5H3,(H2,39,46)/t17-,18?,19?,20?,21+,24?,26-,28-,29+,30-,32?,34?,36-,37-,38+/m1/s1. The molecule has 6 aliphatic rings. The third-order valence-electron chi connectivity index (χ3n) is 15.1. The van der Waals surface area contributed by atoms with E-state index in [-0.39, 0.29) is 29.4 Å². The summed E-state index contributed by atoms with van der Waals surface area (Å²) in [7, 11) is 0. The van der Waals surface area contributed by atoms with E-state index >= 15 is 0 Å². The van der Waals surface area contributed by atoms with Gasteiger partial charge in [0.25, 0.3) is 0 Å². The van der Waals surface area contributed by atoms with Crippen LogP contribution in [-0.4, -0.2) is 61.5 Å². The summed E-state index contributed by atoms with van der Waals surface area (Å²) in [5.74, 6) is -6.13. The van der Waals surface area contributed by atoms with Crippen LogP contribution in [0.4, 0.5) is 0 Å². The number of rotatable bonds is 6. The van der Waals surface area contributed by atoms with E-state index in [2.05, 4.69) is 0 Å². The smallest absolute Gasteiger partial charge is 0.230 e. The lowest BCUT2D eigenvalue weighted by Gasteiger charge is -2.71. The van der Waals surface area contributed by atoms with Crippen molar-refractivity contribution in [2.24, 2.45) is 75.7 Å². The van der Waals surface area contributed by atoms with Crippen LogP contribution in [0.25, 0.3) is 0 Å². The predicted octanol–water partition coefficient (Wildman–Crippen LogP) is 3.78. The minimum absolute atomic E-state index is 0.00693. The molecule has 1 aromatic rings. The SMILES string of the molecule is CC(C)[C@H]1C(O)[C@@H](C(N)=O)C(=O)[C@]2(O)C(O)[C@H]3C(=O)c4c(O)cccc4[C@@H](C)[C@]3(C)[C@@H](CC(=O)C[C@@H]3CC4CC5CC(C4)C3C5)[C@]12C. The lowest BCUT2D eigenvalue weighted by molar-refractivity contribution is -0.292. The first-order chi connectivity index (χ1) is 22.0. The van der Waals surface area contributed by atoms with Gasteiger partial charge in [0.1, 0.15) is 23.6 Å². The minimum atomic E-state index is -2.68. The minimum Gasteiger partial charge on any atom is -0.507 e. The van der Waals surface area contributed by atoms with Crippen molar-refractivity contribution in [1.29, 1.82) is 0 Å². The molecule has 6 N–H and O–H groups in total. The number of fused-ring (bicyclic) bond motifs is 5. The van der Waals surface area contributed by atoms with E-state index < -0.39 is 81.6 Å². The van der Waals surface area contributed by atoms with Gasteiger partial charge in [-0.05, 0) is 102 Å². The van der Waals surface area contributed by atoms with Crippen LogP contribution in [0.3, 0.4) is 0 Å². The van der Waals surface area contributed by atoms with Crippen LogP contribution in [0, 0.1) is 70.0 Å². The van der Waals surface area contributed by atoms with Crippen LogP contribution in [-0.2, 0) is 14.4 Å². The van der Waals surface area contributed by atoms with Crippen LogP contribution >= 0.6 is 0 Å². The number of carbonyl (C=O) groups excluding carboxylic acids is 4. The third-order valence-corrected chi connectivity index (χ3v) is 15.1. The molecule has 15 atom stereocenters. The summed E-state index contributed by atoms with van der Waals surface area (Å²) in [6, 6.07) is 4.82. The van der Waals surface area contributed by atoms with E-state index in [1.54, 1.807) is 19.1 Å². The first-order valence-corrected chi connectivity index (χ1v) is 17.8. The Bertz CT molecular complexity index is 1540. The molecule has 0 heterocycles. The summed E-state index contributed by atoms with van der Waals surface area (Å²) in [4.78, 5) is 56.2. The van der Waals surface area contributed by atoms with Crippen molar-refractivity contribution in [1.82, 2.24) is 0 Å². The number of phenolic OH excluding ortho intramolecular Hbond substituents is 1. The summed E-state index contributed by atoms with van der Waals surface area (Å²) in [5.41, 5.74) is 0.797. The van der Waals surface area contributed by atoms with Crippen molar-refractivity contribution in [3.8, 4) is 5.75 Å². The van der Waals surface area contributed by atoms with Crippen molar-refractivity contribution in [3.05, 3.63) is 29.3 Å². The molecule has 1 amide bonds. The van der Waals surface area contributed by atoms with Gasteiger partial charge in [0.05, 0.1) is 17.6 Å². The number of hydrogen-bond acceptors (Lipinski definition) is 8. The van der Waals surface area contributed by atoms with E-state index in [4.69, 9.17) is 5.73 Å². The van der Waals surface area contributed by atoms with Crippen LogP contribution in [0.15, 0.2) is 18.2 Å². The maximum absolute atomic E-state index is 14.5. The summed E-state index contributed by atoms with van der Waals surface area (Å²) in [6.07, 6.45) is 2.71. The maximum atomic E-state index is 14.5. The molecule has 9 heteroatoms. The molecule has 6 unspecified atom stereocenters. The average Bonchev–Trinajstić information content (AvgIpc) is 3.22. The van der Waals surface area contributed by atoms with Gasteiger partial charge in [0.2, 0.25) is 5.91 Å². The zero-order valence-corrected chi connectivity index (χ0v) is 28.2. The zero-order chi connectivity index (χ0) is 34.1. The molecule has 5 saturated carbocycles. The maximum Gasteiger partial charge on any atom is 0.230 e. The van der Waals surface area contributed by atoms with Crippen LogP contribution in [0.2, 0.25) is 0 Å². The Morgan fingerprint density at radius 2 is 1.66 bits per heavy atom. The Kier molecular flexibility index (Phi) is 7.48. The molecule has 47 heavy (non-hydrogen) atoms. The largest absolute Gasteiger partial charge is 0.507 e. The number of amides is 1. The topological polar surface area (TPSA) is 175 Å². The first-order valence-electron chi connectivity index (χ1n) is 17.8. The highest BCUT2D eigenvalue weighted by atomic mass is 16.4. The molecule has 9 nitrogen and oxygen atoms in total. The summed E-state index contributed by atoms with van der Waals surface area (Å²) in [6.45, 7) is 9.07. The van der Waals surface area contributed by atoms with Crippen LogP contribution in [0.5, 0.6) is 5.75 Å². The second-order valence-electron chi connectivity index (χ2n) is 17.3. The van der Waals surface area contributed by atoms with E-state index in [9.17, 15) is 39.6 Å². The van der Waals surface area contributed by atoms with Gasteiger partial charge in [-0.25, -0.2) is 0 Å². The number of aliphatic hydroxyl groups excluding tert-OH is 2. The van der Waals surface area contributed by atoms with E-state index in [0.29, 0.717) is 29.7 Å². The quantitative estimate of drug-likeness (QED) is 0.289. The second-order valence-corrected chi connectivity index (χ2v) is 17.3. The molecular weight excluding hydrogens is 598 g/mol. The van der Waals surface area contributed by atoms with Gasteiger partial charge in [0.15, 0.2) is 17.2 Å². The second kappa shape index (κ2) is 10.7. The van der Waals surface area contributed by atoms with Crippen molar-refractivity contribution in [2.45, 2.75) is 103 Å². The number of ketones is 3. The molecule has 0 aliphatic heterocycles. The molecule has 0 saturated heterocycles. The summed E-state index contributed by atoms with van der Waals surface area (Å²) < 4.78 is 0. The van der Waals surface area contributed by atoms with Gasteiger partial charge < -0.3 is 26.2 Å².